The molecule has 0 aliphatic carbocycles. The standard InChI is InChI=1S/C7H13NO/c9-6-3-7-1-4-8-5-2-7/h1,8-9H,2-6H2. The topological polar surface area (TPSA) is 32.3 Å². The Balaban J connectivity index is 2.28. The Morgan fingerprint density at radius 2 is 2.56 bits per heavy atom. The fourth-order valence-corrected chi connectivity index (χ4v) is 1.04. The first-order valence-corrected chi connectivity index (χ1v) is 3.43. The highest BCUT2D eigenvalue weighted by atomic mass is 16.2. The lowest BCUT2D eigenvalue weighted by molar-refractivity contribution is 0.297. The lowest BCUT2D eigenvalue weighted by atomic mass is 10.1. The summed E-state index contributed by atoms with van der Waals surface area (Å²) in [5, 5.41) is 11.8. The van der Waals surface area contributed by atoms with Crippen LogP contribution in [0, 0.1) is 0 Å². The highest BCUT2D eigenvalue weighted by Crippen LogP contribution is 2.07. The van der Waals surface area contributed by atoms with Crippen LogP contribution in [-0.2, 0) is 0 Å². The zero-order valence-electron chi connectivity index (χ0n) is 5.56. The molecule has 0 aromatic carbocycles. The second-order valence-electron chi connectivity index (χ2n) is 2.29. The molecule has 0 radical (unpaired) electrons. The Kier molecular flexibility index (Phi) is 2.74. The minimum absolute atomic E-state index is 0.297. The molecule has 0 aromatic heterocycles. The van der Waals surface area contributed by atoms with E-state index in [1.165, 1.54) is 5.57 Å². The molecule has 0 bridgehead atoms. The molecule has 0 spiro atoms. The van der Waals surface area contributed by atoms with Crippen LogP contribution in [0.4, 0.5) is 0 Å². The van der Waals surface area contributed by atoms with Gasteiger partial charge in [-0.1, -0.05) is 11.6 Å². The lowest BCUT2D eigenvalue weighted by Gasteiger charge is -2.11. The molecule has 0 atom stereocenters. The third kappa shape index (κ3) is 2.16. The fraction of sp³-hybridized carbons (Fsp3) is 0.714. The SMILES string of the molecule is OCCC1=CCNCC1. The average molecular weight is 127 g/mol. The summed E-state index contributed by atoms with van der Waals surface area (Å²) in [5.74, 6) is 0. The maximum absolute atomic E-state index is 8.56. The zero-order valence-corrected chi connectivity index (χ0v) is 5.56. The van der Waals surface area contributed by atoms with Gasteiger partial charge in [0.25, 0.3) is 0 Å². The van der Waals surface area contributed by atoms with Crippen LogP contribution in [0.25, 0.3) is 0 Å². The number of nitrogens with one attached hydrogen (secondary N) is 1. The van der Waals surface area contributed by atoms with Crippen LogP contribution in [0.1, 0.15) is 12.8 Å². The number of aliphatic hydroxyl groups is 1. The summed E-state index contributed by atoms with van der Waals surface area (Å²) in [4.78, 5) is 0. The van der Waals surface area contributed by atoms with Crippen molar-refractivity contribution in [1.29, 1.82) is 0 Å². The van der Waals surface area contributed by atoms with E-state index in [0.29, 0.717) is 6.61 Å². The molecule has 1 aliphatic heterocycles. The van der Waals surface area contributed by atoms with E-state index in [-0.39, 0.29) is 0 Å². The summed E-state index contributed by atoms with van der Waals surface area (Å²) in [6.07, 6.45) is 4.14. The van der Waals surface area contributed by atoms with Crippen LogP contribution in [-0.4, -0.2) is 24.8 Å². The van der Waals surface area contributed by atoms with Gasteiger partial charge < -0.3 is 10.4 Å². The van der Waals surface area contributed by atoms with Crippen molar-refractivity contribution < 1.29 is 5.11 Å². The predicted molar refractivity (Wildman–Crippen MR) is 37.3 cm³/mol. The van der Waals surface area contributed by atoms with E-state index in [4.69, 9.17) is 5.11 Å². The molecule has 0 saturated carbocycles. The van der Waals surface area contributed by atoms with Crippen LogP contribution in [0.15, 0.2) is 11.6 Å². The second kappa shape index (κ2) is 3.64. The van der Waals surface area contributed by atoms with E-state index >= 15 is 0 Å². The van der Waals surface area contributed by atoms with E-state index in [1.807, 2.05) is 0 Å². The Bertz CT molecular complexity index is 109. The van der Waals surface area contributed by atoms with Crippen LogP contribution in [0.2, 0.25) is 0 Å². The van der Waals surface area contributed by atoms with E-state index in [1.54, 1.807) is 0 Å². The third-order valence-electron chi connectivity index (χ3n) is 1.59. The van der Waals surface area contributed by atoms with Gasteiger partial charge in [0.05, 0.1) is 0 Å². The number of aliphatic hydroxyl groups excluding tert-OH is 1. The first-order valence-electron chi connectivity index (χ1n) is 3.43. The molecular formula is C7H13NO. The van der Waals surface area contributed by atoms with E-state index in [2.05, 4.69) is 11.4 Å². The Morgan fingerprint density at radius 1 is 1.67 bits per heavy atom. The average Bonchev–Trinajstić information content (AvgIpc) is 1.91. The van der Waals surface area contributed by atoms with Crippen molar-refractivity contribution in [3.63, 3.8) is 0 Å². The van der Waals surface area contributed by atoms with Gasteiger partial charge >= 0.3 is 0 Å². The normalized spacial score (nSPS) is 19.4. The molecule has 9 heavy (non-hydrogen) atoms. The Morgan fingerprint density at radius 3 is 3.11 bits per heavy atom. The van der Waals surface area contributed by atoms with Gasteiger partial charge in [0.2, 0.25) is 0 Å². The monoisotopic (exact) mass is 127 g/mol. The minimum atomic E-state index is 0.297. The Hall–Kier alpha value is -0.340. The first kappa shape index (κ1) is 6.78. The van der Waals surface area contributed by atoms with E-state index in [9.17, 15) is 0 Å². The van der Waals surface area contributed by atoms with E-state index < -0.39 is 0 Å². The van der Waals surface area contributed by atoms with Crippen LogP contribution in [0.5, 0.6) is 0 Å². The quantitative estimate of drug-likeness (QED) is 0.522. The molecule has 1 aliphatic rings. The smallest absolute Gasteiger partial charge is 0.0468 e. The molecule has 0 saturated heterocycles. The third-order valence-corrected chi connectivity index (χ3v) is 1.59. The first-order chi connectivity index (χ1) is 4.43. The summed E-state index contributed by atoms with van der Waals surface area (Å²) in [5.41, 5.74) is 1.40. The summed E-state index contributed by atoms with van der Waals surface area (Å²) >= 11 is 0. The summed E-state index contributed by atoms with van der Waals surface area (Å²) < 4.78 is 0. The predicted octanol–water partition coefficient (Wildman–Crippen LogP) is 0.288. The van der Waals surface area contributed by atoms with Gasteiger partial charge in [-0.05, 0) is 19.4 Å². The van der Waals surface area contributed by atoms with Crippen molar-refractivity contribution in [2.45, 2.75) is 12.8 Å². The van der Waals surface area contributed by atoms with Crippen LogP contribution < -0.4 is 5.32 Å². The van der Waals surface area contributed by atoms with Gasteiger partial charge in [-0.3, -0.25) is 0 Å². The molecule has 1 rings (SSSR count). The maximum atomic E-state index is 8.56. The van der Waals surface area contributed by atoms with Crippen LogP contribution in [0.3, 0.4) is 0 Å². The maximum Gasteiger partial charge on any atom is 0.0468 e. The highest BCUT2D eigenvalue weighted by Gasteiger charge is 2.00. The Labute approximate surface area is 55.6 Å². The summed E-state index contributed by atoms with van der Waals surface area (Å²) in [6, 6.07) is 0. The summed E-state index contributed by atoms with van der Waals surface area (Å²) in [7, 11) is 0. The second-order valence-corrected chi connectivity index (χ2v) is 2.29. The van der Waals surface area contributed by atoms with Crippen molar-refractivity contribution >= 4 is 0 Å². The fourth-order valence-electron chi connectivity index (χ4n) is 1.04. The minimum Gasteiger partial charge on any atom is -0.396 e. The number of rotatable bonds is 2. The molecule has 1 heterocycles. The molecule has 2 nitrogen and oxygen atoms in total. The van der Waals surface area contributed by atoms with Gasteiger partial charge in [0.15, 0.2) is 0 Å². The zero-order chi connectivity index (χ0) is 6.53. The van der Waals surface area contributed by atoms with Crippen molar-refractivity contribution in [3.05, 3.63) is 11.6 Å². The van der Waals surface area contributed by atoms with Gasteiger partial charge in [-0.15, -0.1) is 0 Å². The molecular weight excluding hydrogens is 114 g/mol. The number of hydrogen-bond donors (Lipinski definition) is 2. The largest absolute Gasteiger partial charge is 0.396 e. The molecule has 0 fully saturated rings. The molecule has 2 heteroatoms. The van der Waals surface area contributed by atoms with Gasteiger partial charge in [-0.2, -0.15) is 0 Å². The van der Waals surface area contributed by atoms with E-state index in [0.717, 1.165) is 25.9 Å². The van der Waals surface area contributed by atoms with Gasteiger partial charge in [-0.25, -0.2) is 0 Å². The molecule has 0 unspecified atom stereocenters. The van der Waals surface area contributed by atoms with Crippen molar-refractivity contribution in [2.24, 2.45) is 0 Å². The van der Waals surface area contributed by atoms with Gasteiger partial charge in [0, 0.05) is 13.2 Å². The molecule has 52 valence electrons. The van der Waals surface area contributed by atoms with Crippen molar-refractivity contribution in [1.82, 2.24) is 5.32 Å². The highest BCUT2D eigenvalue weighted by molar-refractivity contribution is 5.06. The van der Waals surface area contributed by atoms with Crippen molar-refractivity contribution in [3.8, 4) is 0 Å². The number of hydrogen-bond acceptors (Lipinski definition) is 2. The lowest BCUT2D eigenvalue weighted by Crippen LogP contribution is -2.20. The van der Waals surface area contributed by atoms with Gasteiger partial charge in [0.1, 0.15) is 0 Å². The summed E-state index contributed by atoms with van der Waals surface area (Å²) in [6.45, 7) is 2.35. The van der Waals surface area contributed by atoms with Crippen LogP contribution >= 0.6 is 0 Å². The molecule has 0 aromatic rings. The molecule has 2 N–H and O–H groups in total. The van der Waals surface area contributed by atoms with Crippen molar-refractivity contribution in [2.75, 3.05) is 19.7 Å². The molecule has 0 amide bonds.